The van der Waals surface area contributed by atoms with Gasteiger partial charge in [-0.3, -0.25) is 9.10 Å². The Morgan fingerprint density at radius 1 is 0.900 bits per heavy atom. The van der Waals surface area contributed by atoms with Gasteiger partial charge < -0.3 is 14.8 Å². The number of anilines is 2. The number of nitrogens with zero attached hydrogens (tertiary/aromatic N) is 2. The van der Waals surface area contributed by atoms with Crippen molar-refractivity contribution >= 4 is 37.3 Å². The molecule has 1 saturated heterocycles. The number of nitrogens with one attached hydrogen (secondary N) is 1. The average Bonchev–Trinajstić information content (AvgIpc) is 2.97. The van der Waals surface area contributed by atoms with Gasteiger partial charge in [0.05, 0.1) is 24.8 Å². The molecule has 4 rings (SSSR count). The van der Waals surface area contributed by atoms with Gasteiger partial charge >= 0.3 is 0 Å². The van der Waals surface area contributed by atoms with Gasteiger partial charge in [0.25, 0.3) is 10.0 Å². The molecule has 1 aliphatic rings. The maximum atomic E-state index is 13.6. The predicted molar refractivity (Wildman–Crippen MR) is 148 cm³/mol. The Hall–Kier alpha value is -3.68. The van der Waals surface area contributed by atoms with Crippen LogP contribution < -0.4 is 19.1 Å². The lowest BCUT2D eigenvalue weighted by atomic mass is 10.2. The lowest BCUT2D eigenvalue weighted by Crippen LogP contribution is -2.38. The molecule has 3 aromatic carbocycles. The van der Waals surface area contributed by atoms with Crippen molar-refractivity contribution in [3.8, 4) is 11.5 Å². The molecule has 10 nitrogen and oxygen atoms in total. The van der Waals surface area contributed by atoms with Gasteiger partial charge in [0, 0.05) is 18.8 Å². The minimum absolute atomic E-state index is 0.0652. The molecule has 0 aliphatic carbocycles. The van der Waals surface area contributed by atoms with E-state index in [1.807, 2.05) is 0 Å². The summed E-state index contributed by atoms with van der Waals surface area (Å²) in [6.07, 6.45) is 2.45. The summed E-state index contributed by atoms with van der Waals surface area (Å²) in [5.41, 5.74) is 0.206. The maximum absolute atomic E-state index is 13.6. The highest BCUT2D eigenvalue weighted by atomic mass is 32.2. The Morgan fingerprint density at radius 3 is 2.15 bits per heavy atom. The molecular weight excluding hydrogens is 561 g/mol. The molecule has 0 aromatic heterocycles. The van der Waals surface area contributed by atoms with Crippen LogP contribution in [0.3, 0.4) is 0 Å². The molecule has 1 heterocycles. The second-order valence-corrected chi connectivity index (χ2v) is 12.8. The zero-order valence-electron chi connectivity index (χ0n) is 22.0. The fourth-order valence-corrected chi connectivity index (χ4v) is 7.45. The zero-order valence-corrected chi connectivity index (χ0v) is 23.7. The third kappa shape index (κ3) is 6.37. The van der Waals surface area contributed by atoms with E-state index in [1.54, 1.807) is 0 Å². The maximum Gasteiger partial charge on any atom is 0.264 e. The summed E-state index contributed by atoms with van der Waals surface area (Å²) in [7, 11) is -5.36. The molecule has 13 heteroatoms. The molecule has 1 amide bonds. The van der Waals surface area contributed by atoms with Crippen LogP contribution in [-0.4, -0.2) is 60.9 Å². The number of methoxy groups -OCH3 is 2. The summed E-state index contributed by atoms with van der Waals surface area (Å²) in [6.45, 7) is 0.107. The van der Waals surface area contributed by atoms with Crippen molar-refractivity contribution in [3.63, 3.8) is 0 Å². The zero-order chi connectivity index (χ0) is 28.9. The molecule has 214 valence electrons. The van der Waals surface area contributed by atoms with Crippen LogP contribution in [0.5, 0.6) is 11.5 Å². The molecule has 0 atom stereocenters. The van der Waals surface area contributed by atoms with E-state index in [-0.39, 0.29) is 26.9 Å². The van der Waals surface area contributed by atoms with Crippen molar-refractivity contribution in [3.05, 3.63) is 72.5 Å². The third-order valence-corrected chi connectivity index (χ3v) is 10.1. The number of halogens is 1. The van der Waals surface area contributed by atoms with E-state index in [0.717, 1.165) is 35.7 Å². The Balaban J connectivity index is 1.63. The largest absolute Gasteiger partial charge is 0.497 e. The number of rotatable bonds is 10. The normalized spacial score (nSPS) is 14.4. The van der Waals surface area contributed by atoms with Crippen LogP contribution in [0.15, 0.2) is 76.5 Å². The summed E-state index contributed by atoms with van der Waals surface area (Å²) in [5, 5.41) is 2.58. The van der Waals surface area contributed by atoms with Gasteiger partial charge in [-0.25, -0.2) is 21.2 Å². The SMILES string of the molecule is COc1ccc(S(=O)(=O)N(CC(=O)Nc2ccc(OC)c(S(=O)(=O)N3CCCCC3)c2)c2ccc(F)cc2)cc1. The van der Waals surface area contributed by atoms with Gasteiger partial charge in [-0.1, -0.05) is 6.42 Å². The number of amides is 1. The van der Waals surface area contributed by atoms with Crippen LogP contribution in [0.2, 0.25) is 0 Å². The summed E-state index contributed by atoms with van der Waals surface area (Å²) < 4.78 is 80.0. The van der Waals surface area contributed by atoms with Gasteiger partial charge in [-0.2, -0.15) is 4.31 Å². The van der Waals surface area contributed by atoms with Crippen LogP contribution in [0, 0.1) is 5.82 Å². The van der Waals surface area contributed by atoms with Gasteiger partial charge in [-0.05, 0) is 79.6 Å². The first-order chi connectivity index (χ1) is 19.1. The van der Waals surface area contributed by atoms with E-state index >= 15 is 0 Å². The first kappa shape index (κ1) is 29.3. The average molecular weight is 592 g/mol. The molecule has 40 heavy (non-hydrogen) atoms. The first-order valence-corrected chi connectivity index (χ1v) is 15.3. The molecular formula is C27H30FN3O7S2. The van der Waals surface area contributed by atoms with E-state index in [1.165, 1.54) is 73.1 Å². The summed E-state index contributed by atoms with van der Waals surface area (Å²) in [5.74, 6) is -0.748. The Labute approximate surface area is 233 Å². The highest BCUT2D eigenvalue weighted by Crippen LogP contribution is 2.31. The van der Waals surface area contributed by atoms with Crippen LogP contribution in [-0.2, 0) is 24.8 Å². The lowest BCUT2D eigenvalue weighted by Gasteiger charge is -2.27. The molecule has 0 saturated carbocycles. The number of piperidine rings is 1. The minimum atomic E-state index is -4.26. The number of hydrogen-bond acceptors (Lipinski definition) is 7. The van der Waals surface area contributed by atoms with Crippen molar-refractivity contribution in [1.82, 2.24) is 4.31 Å². The minimum Gasteiger partial charge on any atom is -0.497 e. The Kier molecular flexibility index (Phi) is 8.96. The van der Waals surface area contributed by atoms with Gasteiger partial charge in [0.2, 0.25) is 15.9 Å². The molecule has 0 bridgehead atoms. The molecule has 3 aromatic rings. The standard InChI is InChI=1S/C27H30FN3O7S2/c1-37-23-11-13-24(14-12-23)39(33,34)31(22-9-6-20(28)7-10-22)19-27(32)29-21-8-15-25(38-2)26(18-21)40(35,36)30-16-4-3-5-17-30/h6-15,18H,3-5,16-17,19H2,1-2H3,(H,29,32). The fourth-order valence-electron chi connectivity index (χ4n) is 4.33. The van der Waals surface area contributed by atoms with Crippen LogP contribution in [0.25, 0.3) is 0 Å². The second kappa shape index (κ2) is 12.2. The molecule has 0 radical (unpaired) electrons. The predicted octanol–water partition coefficient (Wildman–Crippen LogP) is 3.85. The topological polar surface area (TPSA) is 122 Å². The summed E-state index contributed by atoms with van der Waals surface area (Å²) >= 11 is 0. The van der Waals surface area contributed by atoms with Gasteiger partial charge in [0.1, 0.15) is 28.8 Å². The Bertz CT molecular complexity index is 1560. The first-order valence-electron chi connectivity index (χ1n) is 12.5. The smallest absolute Gasteiger partial charge is 0.264 e. The molecule has 1 N–H and O–H groups in total. The number of hydrogen-bond donors (Lipinski definition) is 1. The van der Waals surface area contributed by atoms with Crippen molar-refractivity contribution in [2.24, 2.45) is 0 Å². The Morgan fingerprint density at radius 2 is 1.55 bits per heavy atom. The summed E-state index contributed by atoms with van der Waals surface area (Å²) in [6, 6.07) is 14.5. The van der Waals surface area contributed by atoms with Gasteiger partial charge in [0.15, 0.2) is 0 Å². The van der Waals surface area contributed by atoms with Crippen molar-refractivity contribution in [2.45, 2.75) is 29.1 Å². The molecule has 0 unspecified atom stereocenters. The van der Waals surface area contributed by atoms with Crippen molar-refractivity contribution < 1.29 is 35.5 Å². The fraction of sp³-hybridized carbons (Fsp3) is 0.296. The number of sulfonamides is 2. The highest BCUT2D eigenvalue weighted by Gasteiger charge is 2.30. The lowest BCUT2D eigenvalue weighted by molar-refractivity contribution is -0.114. The number of carbonyl (C=O) groups excluding carboxylic acids is 1. The third-order valence-electron chi connectivity index (χ3n) is 6.43. The van der Waals surface area contributed by atoms with E-state index in [2.05, 4.69) is 5.32 Å². The summed E-state index contributed by atoms with van der Waals surface area (Å²) in [4.78, 5) is 12.9. The van der Waals surface area contributed by atoms with Crippen LogP contribution in [0.4, 0.5) is 15.8 Å². The number of benzene rings is 3. The second-order valence-electron chi connectivity index (χ2n) is 9.04. The van der Waals surface area contributed by atoms with E-state index in [4.69, 9.17) is 9.47 Å². The highest BCUT2D eigenvalue weighted by molar-refractivity contribution is 7.92. The van der Waals surface area contributed by atoms with Crippen molar-refractivity contribution in [1.29, 1.82) is 0 Å². The van der Waals surface area contributed by atoms with Crippen LogP contribution >= 0.6 is 0 Å². The molecule has 0 spiro atoms. The quantitative estimate of drug-likeness (QED) is 0.380. The van der Waals surface area contributed by atoms with Crippen molar-refractivity contribution in [2.75, 3.05) is 43.5 Å². The number of ether oxygens (including phenoxy) is 2. The number of carbonyl (C=O) groups is 1. The van der Waals surface area contributed by atoms with Crippen LogP contribution in [0.1, 0.15) is 19.3 Å². The molecule has 1 aliphatic heterocycles. The molecule has 1 fully saturated rings. The van der Waals surface area contributed by atoms with E-state index < -0.39 is 38.3 Å². The van der Waals surface area contributed by atoms with E-state index in [9.17, 15) is 26.0 Å². The van der Waals surface area contributed by atoms with Gasteiger partial charge in [-0.15, -0.1) is 0 Å². The van der Waals surface area contributed by atoms with E-state index in [0.29, 0.717) is 18.8 Å². The monoisotopic (exact) mass is 591 g/mol.